The summed E-state index contributed by atoms with van der Waals surface area (Å²) in [5.41, 5.74) is 4.20. The zero-order chi connectivity index (χ0) is 17.8. The quantitative estimate of drug-likeness (QED) is 0.859. The minimum absolute atomic E-state index is 0.0111. The summed E-state index contributed by atoms with van der Waals surface area (Å²) in [7, 11) is 0. The van der Waals surface area contributed by atoms with E-state index in [0.717, 1.165) is 50.3 Å². The lowest BCUT2D eigenvalue weighted by atomic mass is 10.1. The lowest BCUT2D eigenvalue weighted by Gasteiger charge is -2.17. The van der Waals surface area contributed by atoms with Crippen molar-refractivity contribution in [1.29, 1.82) is 0 Å². The van der Waals surface area contributed by atoms with E-state index in [-0.39, 0.29) is 5.91 Å². The van der Waals surface area contributed by atoms with Crippen molar-refractivity contribution in [2.24, 2.45) is 0 Å². The molecular formula is C19H28N4OS. The molecule has 6 heteroatoms. The number of hydrogen-bond acceptors (Lipinski definition) is 4. The third kappa shape index (κ3) is 4.12. The second-order valence-corrected chi connectivity index (χ2v) is 7.78. The lowest BCUT2D eigenvalue weighted by Crippen LogP contribution is -2.24. The number of carbonyl (C=O) groups is 1. The Morgan fingerprint density at radius 2 is 2.20 bits per heavy atom. The molecule has 2 aromatic rings. The molecule has 1 aliphatic rings. The number of aromatic nitrogens is 2. The Morgan fingerprint density at radius 3 is 2.96 bits per heavy atom. The standard InChI is InChI=1S/C19H28N4OS/c1-4-7-22-8-6-9-23-16(12-22)10-15(21-23)11-20-19(24)18-13-25-14(3)17(18)5-2/h10,13H,4-9,11-12H2,1-3H3,(H,20,24). The highest BCUT2D eigenvalue weighted by molar-refractivity contribution is 7.10. The van der Waals surface area contributed by atoms with E-state index in [9.17, 15) is 4.79 Å². The zero-order valence-corrected chi connectivity index (χ0v) is 16.3. The molecule has 1 amide bonds. The van der Waals surface area contributed by atoms with E-state index in [0.29, 0.717) is 6.54 Å². The van der Waals surface area contributed by atoms with E-state index in [4.69, 9.17) is 5.10 Å². The Balaban J connectivity index is 1.64. The lowest BCUT2D eigenvalue weighted by molar-refractivity contribution is 0.0950. The van der Waals surface area contributed by atoms with Crippen molar-refractivity contribution < 1.29 is 4.79 Å². The summed E-state index contributed by atoms with van der Waals surface area (Å²) >= 11 is 1.65. The largest absolute Gasteiger partial charge is 0.346 e. The van der Waals surface area contributed by atoms with Gasteiger partial charge in [-0.05, 0) is 44.4 Å². The third-order valence-corrected chi connectivity index (χ3v) is 5.77. The summed E-state index contributed by atoms with van der Waals surface area (Å²) in [4.78, 5) is 16.2. The van der Waals surface area contributed by atoms with Crippen molar-refractivity contribution in [1.82, 2.24) is 20.0 Å². The Kier molecular flexibility index (Phi) is 5.91. The van der Waals surface area contributed by atoms with Crippen LogP contribution < -0.4 is 5.32 Å². The molecule has 0 unspecified atom stereocenters. The Bertz CT molecular complexity index is 734. The molecule has 0 radical (unpaired) electrons. The number of fused-ring (bicyclic) bond motifs is 1. The molecule has 0 bridgehead atoms. The van der Waals surface area contributed by atoms with Crippen LogP contribution in [0.15, 0.2) is 11.4 Å². The number of carbonyl (C=O) groups excluding carboxylic acids is 1. The summed E-state index contributed by atoms with van der Waals surface area (Å²) in [5, 5.41) is 9.71. The van der Waals surface area contributed by atoms with E-state index in [1.165, 1.54) is 22.6 Å². The van der Waals surface area contributed by atoms with Gasteiger partial charge < -0.3 is 5.32 Å². The summed E-state index contributed by atoms with van der Waals surface area (Å²) in [5.74, 6) is 0.0111. The molecule has 0 saturated carbocycles. The van der Waals surface area contributed by atoms with Crippen molar-refractivity contribution in [3.05, 3.63) is 38.8 Å². The fraction of sp³-hybridized carbons (Fsp3) is 0.579. The predicted molar refractivity (Wildman–Crippen MR) is 102 cm³/mol. The number of hydrogen-bond donors (Lipinski definition) is 1. The van der Waals surface area contributed by atoms with E-state index in [1.54, 1.807) is 11.3 Å². The molecule has 0 spiro atoms. The molecule has 3 heterocycles. The Morgan fingerprint density at radius 1 is 1.36 bits per heavy atom. The third-order valence-electron chi connectivity index (χ3n) is 4.82. The predicted octanol–water partition coefficient (Wildman–Crippen LogP) is 3.36. The Hall–Kier alpha value is -1.66. The maximum Gasteiger partial charge on any atom is 0.252 e. The fourth-order valence-corrected chi connectivity index (χ4v) is 4.50. The number of nitrogens with zero attached hydrogens (tertiary/aromatic N) is 3. The van der Waals surface area contributed by atoms with Crippen LogP contribution in [0.4, 0.5) is 0 Å². The molecule has 1 aliphatic heterocycles. The van der Waals surface area contributed by atoms with Crippen LogP contribution in [-0.2, 0) is 26.1 Å². The highest BCUT2D eigenvalue weighted by atomic mass is 32.1. The molecule has 0 atom stereocenters. The highest BCUT2D eigenvalue weighted by Crippen LogP contribution is 2.22. The molecule has 5 nitrogen and oxygen atoms in total. The van der Waals surface area contributed by atoms with Gasteiger partial charge in [-0.15, -0.1) is 11.3 Å². The van der Waals surface area contributed by atoms with Crippen molar-refractivity contribution in [2.75, 3.05) is 13.1 Å². The number of amides is 1. The van der Waals surface area contributed by atoms with Crippen molar-refractivity contribution in [3.63, 3.8) is 0 Å². The second-order valence-electron chi connectivity index (χ2n) is 6.70. The van der Waals surface area contributed by atoms with Crippen molar-refractivity contribution in [3.8, 4) is 0 Å². The van der Waals surface area contributed by atoms with Gasteiger partial charge in [0.25, 0.3) is 5.91 Å². The van der Waals surface area contributed by atoms with Crippen LogP contribution in [0.1, 0.15) is 58.9 Å². The summed E-state index contributed by atoms with van der Waals surface area (Å²) in [6.07, 6.45) is 3.20. The average molecular weight is 361 g/mol. The van der Waals surface area contributed by atoms with Crippen LogP contribution in [0.2, 0.25) is 0 Å². The molecule has 136 valence electrons. The highest BCUT2D eigenvalue weighted by Gasteiger charge is 2.18. The first kappa shape index (κ1) is 18.1. The number of thiophene rings is 1. The molecule has 25 heavy (non-hydrogen) atoms. The van der Waals surface area contributed by atoms with Gasteiger partial charge in [0.1, 0.15) is 0 Å². The molecule has 0 saturated heterocycles. The minimum Gasteiger partial charge on any atom is -0.346 e. The SMILES string of the molecule is CCCN1CCCn2nc(CNC(=O)c3csc(C)c3CC)cc2C1. The van der Waals surface area contributed by atoms with Crippen LogP contribution in [0, 0.1) is 6.92 Å². The fourth-order valence-electron chi connectivity index (χ4n) is 3.56. The van der Waals surface area contributed by atoms with Gasteiger partial charge in [0.05, 0.1) is 23.5 Å². The van der Waals surface area contributed by atoms with Gasteiger partial charge in [0.2, 0.25) is 0 Å². The normalized spacial score (nSPS) is 15.0. The zero-order valence-electron chi connectivity index (χ0n) is 15.5. The summed E-state index contributed by atoms with van der Waals surface area (Å²) < 4.78 is 2.11. The van der Waals surface area contributed by atoms with Gasteiger partial charge in [0.15, 0.2) is 0 Å². The molecular weight excluding hydrogens is 332 g/mol. The summed E-state index contributed by atoms with van der Waals surface area (Å²) in [6.45, 7) is 11.1. The van der Waals surface area contributed by atoms with Crippen molar-refractivity contribution in [2.45, 2.75) is 59.7 Å². The van der Waals surface area contributed by atoms with E-state index in [1.807, 2.05) is 5.38 Å². The van der Waals surface area contributed by atoms with Crippen LogP contribution in [0.5, 0.6) is 0 Å². The number of rotatable bonds is 6. The van der Waals surface area contributed by atoms with Gasteiger partial charge in [-0.2, -0.15) is 5.10 Å². The molecule has 0 aliphatic carbocycles. The van der Waals surface area contributed by atoms with Crippen molar-refractivity contribution >= 4 is 17.2 Å². The van der Waals surface area contributed by atoms with Gasteiger partial charge in [-0.25, -0.2) is 0 Å². The maximum absolute atomic E-state index is 12.5. The van der Waals surface area contributed by atoms with E-state index >= 15 is 0 Å². The smallest absolute Gasteiger partial charge is 0.252 e. The van der Waals surface area contributed by atoms with Gasteiger partial charge in [-0.1, -0.05) is 13.8 Å². The maximum atomic E-state index is 12.5. The van der Waals surface area contributed by atoms with E-state index < -0.39 is 0 Å². The monoisotopic (exact) mass is 360 g/mol. The molecule has 1 N–H and O–H groups in total. The Labute approximate surface area is 154 Å². The second kappa shape index (κ2) is 8.15. The molecule has 0 aromatic carbocycles. The van der Waals surface area contributed by atoms with Gasteiger partial charge >= 0.3 is 0 Å². The first-order valence-corrected chi connectivity index (χ1v) is 10.1. The first-order valence-electron chi connectivity index (χ1n) is 9.25. The topological polar surface area (TPSA) is 50.2 Å². The van der Waals surface area contributed by atoms with Crippen LogP contribution in [0.3, 0.4) is 0 Å². The van der Waals surface area contributed by atoms with Crippen LogP contribution >= 0.6 is 11.3 Å². The van der Waals surface area contributed by atoms with Crippen LogP contribution in [0.25, 0.3) is 0 Å². The average Bonchev–Trinajstić information content (AvgIpc) is 3.10. The first-order chi connectivity index (χ1) is 12.1. The minimum atomic E-state index is 0.0111. The number of nitrogens with one attached hydrogen (secondary N) is 1. The van der Waals surface area contributed by atoms with Crippen LogP contribution in [-0.4, -0.2) is 33.7 Å². The molecule has 2 aromatic heterocycles. The molecule has 3 rings (SSSR count). The van der Waals surface area contributed by atoms with E-state index in [2.05, 4.69) is 41.7 Å². The van der Waals surface area contributed by atoms with Gasteiger partial charge in [0, 0.05) is 29.9 Å². The number of aryl methyl sites for hydroxylation is 2. The summed E-state index contributed by atoms with van der Waals surface area (Å²) in [6, 6.07) is 2.15. The molecule has 0 fully saturated rings. The van der Waals surface area contributed by atoms with Gasteiger partial charge in [-0.3, -0.25) is 14.4 Å².